The third kappa shape index (κ3) is 8.38. The molecule has 0 aliphatic rings. The highest BCUT2D eigenvalue weighted by atomic mass is 16.2. The molecule has 0 aliphatic carbocycles. The van der Waals surface area contributed by atoms with Crippen molar-refractivity contribution < 1.29 is 9.59 Å². The van der Waals surface area contributed by atoms with Crippen LogP contribution in [0, 0.1) is 5.92 Å². The van der Waals surface area contributed by atoms with Crippen LogP contribution in [0.5, 0.6) is 0 Å². The van der Waals surface area contributed by atoms with Crippen molar-refractivity contribution >= 4 is 11.8 Å². The molecular weight excluding hydrogens is 288 g/mol. The van der Waals surface area contributed by atoms with Crippen molar-refractivity contribution in [3.05, 3.63) is 35.9 Å². The van der Waals surface area contributed by atoms with Gasteiger partial charge in [0.1, 0.15) is 0 Å². The van der Waals surface area contributed by atoms with Crippen LogP contribution in [-0.4, -0.2) is 17.9 Å². The Morgan fingerprint density at radius 1 is 1.00 bits per heavy atom. The molecule has 0 spiro atoms. The lowest BCUT2D eigenvalue weighted by Crippen LogP contribution is -2.36. The van der Waals surface area contributed by atoms with Crippen molar-refractivity contribution in [3.8, 4) is 0 Å². The number of nitrogens with one attached hydrogen (secondary N) is 2. The molecule has 0 fully saturated rings. The Morgan fingerprint density at radius 3 is 2.22 bits per heavy atom. The second-order valence-corrected chi connectivity index (χ2v) is 6.66. The van der Waals surface area contributed by atoms with E-state index in [1.54, 1.807) is 0 Å². The predicted octanol–water partition coefficient (Wildman–Crippen LogP) is 3.58. The highest BCUT2D eigenvalue weighted by Crippen LogP contribution is 2.17. The van der Waals surface area contributed by atoms with E-state index in [1.165, 1.54) is 13.3 Å². The SMILES string of the molecule is CC(=O)NC(CC(=O)NC(C)CCCC(C)C)c1ccccc1. The van der Waals surface area contributed by atoms with Crippen LogP contribution in [-0.2, 0) is 9.59 Å². The Morgan fingerprint density at radius 2 is 1.65 bits per heavy atom. The molecule has 1 aromatic rings. The lowest BCUT2D eigenvalue weighted by molar-refractivity contribution is -0.123. The van der Waals surface area contributed by atoms with Gasteiger partial charge in [-0.25, -0.2) is 0 Å². The number of hydrogen-bond acceptors (Lipinski definition) is 2. The first kappa shape index (κ1) is 19.2. The number of hydrogen-bond donors (Lipinski definition) is 2. The first-order valence-electron chi connectivity index (χ1n) is 8.50. The third-order valence-corrected chi connectivity index (χ3v) is 3.79. The van der Waals surface area contributed by atoms with Crippen LogP contribution in [0.2, 0.25) is 0 Å². The molecular formula is C19H30N2O2. The van der Waals surface area contributed by atoms with E-state index in [-0.39, 0.29) is 30.3 Å². The van der Waals surface area contributed by atoms with Gasteiger partial charge in [0.2, 0.25) is 11.8 Å². The summed E-state index contributed by atoms with van der Waals surface area (Å²) in [6.07, 6.45) is 3.55. The molecule has 1 aromatic carbocycles. The van der Waals surface area contributed by atoms with Gasteiger partial charge in [-0.1, -0.05) is 57.0 Å². The molecule has 23 heavy (non-hydrogen) atoms. The van der Waals surface area contributed by atoms with Gasteiger partial charge in [-0.15, -0.1) is 0 Å². The zero-order chi connectivity index (χ0) is 17.2. The molecule has 2 unspecified atom stereocenters. The first-order valence-corrected chi connectivity index (χ1v) is 8.50. The van der Waals surface area contributed by atoms with E-state index in [0.29, 0.717) is 5.92 Å². The molecule has 0 aromatic heterocycles. The van der Waals surface area contributed by atoms with Gasteiger partial charge in [0, 0.05) is 13.0 Å². The number of carbonyl (C=O) groups is 2. The molecule has 2 amide bonds. The number of carbonyl (C=O) groups excluding carboxylic acids is 2. The van der Waals surface area contributed by atoms with E-state index in [0.717, 1.165) is 18.4 Å². The summed E-state index contributed by atoms with van der Waals surface area (Å²) in [5.74, 6) is 0.543. The van der Waals surface area contributed by atoms with E-state index >= 15 is 0 Å². The fourth-order valence-corrected chi connectivity index (χ4v) is 2.61. The van der Waals surface area contributed by atoms with Crippen LogP contribution < -0.4 is 10.6 Å². The van der Waals surface area contributed by atoms with Crippen molar-refractivity contribution in [2.24, 2.45) is 5.92 Å². The summed E-state index contributed by atoms with van der Waals surface area (Å²) >= 11 is 0. The molecule has 0 heterocycles. The normalized spacial score (nSPS) is 13.4. The molecule has 0 bridgehead atoms. The van der Waals surface area contributed by atoms with Crippen LogP contribution in [0.3, 0.4) is 0 Å². The van der Waals surface area contributed by atoms with Crippen molar-refractivity contribution in [3.63, 3.8) is 0 Å². The predicted molar refractivity (Wildman–Crippen MR) is 93.9 cm³/mol. The minimum atomic E-state index is -0.281. The molecule has 4 heteroatoms. The smallest absolute Gasteiger partial charge is 0.222 e. The van der Waals surface area contributed by atoms with Crippen LogP contribution in [0.4, 0.5) is 0 Å². The monoisotopic (exact) mass is 318 g/mol. The van der Waals surface area contributed by atoms with Crippen LogP contribution in [0.25, 0.3) is 0 Å². The van der Waals surface area contributed by atoms with Gasteiger partial charge in [0.15, 0.2) is 0 Å². The minimum Gasteiger partial charge on any atom is -0.354 e. The van der Waals surface area contributed by atoms with Gasteiger partial charge < -0.3 is 10.6 Å². The Labute approximate surface area is 140 Å². The highest BCUT2D eigenvalue weighted by molar-refractivity contribution is 5.79. The van der Waals surface area contributed by atoms with Crippen molar-refractivity contribution in [2.75, 3.05) is 0 Å². The van der Waals surface area contributed by atoms with Gasteiger partial charge in [-0.2, -0.15) is 0 Å². The number of amides is 2. The standard InChI is InChI=1S/C19H30N2O2/c1-14(2)9-8-10-15(3)20-19(23)13-18(21-16(4)22)17-11-6-5-7-12-17/h5-7,11-12,14-15,18H,8-10,13H2,1-4H3,(H,20,23)(H,21,22). The third-order valence-electron chi connectivity index (χ3n) is 3.79. The largest absolute Gasteiger partial charge is 0.354 e. The molecule has 2 atom stereocenters. The molecule has 0 aliphatic heterocycles. The second-order valence-electron chi connectivity index (χ2n) is 6.66. The van der Waals surface area contributed by atoms with Gasteiger partial charge in [0.25, 0.3) is 0 Å². The Kier molecular flexibility index (Phi) is 8.38. The molecule has 4 nitrogen and oxygen atoms in total. The summed E-state index contributed by atoms with van der Waals surface area (Å²) in [5, 5.41) is 5.90. The first-order chi connectivity index (χ1) is 10.9. The molecule has 0 radical (unpaired) electrons. The zero-order valence-electron chi connectivity index (χ0n) is 14.8. The van der Waals surface area contributed by atoms with Gasteiger partial charge in [-0.3, -0.25) is 9.59 Å². The average Bonchev–Trinajstić information content (AvgIpc) is 2.46. The van der Waals surface area contributed by atoms with E-state index in [1.807, 2.05) is 37.3 Å². The maximum atomic E-state index is 12.3. The summed E-state index contributed by atoms with van der Waals surface area (Å²) in [6, 6.07) is 9.49. The fraction of sp³-hybridized carbons (Fsp3) is 0.579. The van der Waals surface area contributed by atoms with Crippen molar-refractivity contribution in [1.29, 1.82) is 0 Å². The number of rotatable bonds is 9. The maximum absolute atomic E-state index is 12.3. The Hall–Kier alpha value is -1.84. The van der Waals surface area contributed by atoms with E-state index in [4.69, 9.17) is 0 Å². The highest BCUT2D eigenvalue weighted by Gasteiger charge is 2.18. The van der Waals surface area contributed by atoms with E-state index < -0.39 is 0 Å². The number of benzene rings is 1. The van der Waals surface area contributed by atoms with Gasteiger partial charge in [0.05, 0.1) is 12.5 Å². The molecule has 0 saturated heterocycles. The Balaban J connectivity index is 2.52. The molecule has 1 rings (SSSR count). The summed E-state index contributed by atoms with van der Waals surface area (Å²) in [7, 11) is 0. The van der Waals surface area contributed by atoms with Crippen LogP contribution in [0.15, 0.2) is 30.3 Å². The lowest BCUT2D eigenvalue weighted by Gasteiger charge is -2.20. The maximum Gasteiger partial charge on any atom is 0.222 e. The second kappa shape index (κ2) is 10.0. The summed E-state index contributed by atoms with van der Waals surface area (Å²) in [5.41, 5.74) is 0.949. The van der Waals surface area contributed by atoms with E-state index in [9.17, 15) is 9.59 Å². The quantitative estimate of drug-likeness (QED) is 0.731. The zero-order valence-corrected chi connectivity index (χ0v) is 14.8. The van der Waals surface area contributed by atoms with Crippen molar-refractivity contribution in [1.82, 2.24) is 10.6 Å². The summed E-state index contributed by atoms with van der Waals surface area (Å²) < 4.78 is 0. The molecule has 0 saturated carbocycles. The lowest BCUT2D eigenvalue weighted by atomic mass is 10.0. The fourth-order valence-electron chi connectivity index (χ4n) is 2.61. The van der Waals surface area contributed by atoms with E-state index in [2.05, 4.69) is 24.5 Å². The van der Waals surface area contributed by atoms with Crippen molar-refractivity contribution in [2.45, 2.75) is 65.5 Å². The van der Waals surface area contributed by atoms with Gasteiger partial charge >= 0.3 is 0 Å². The topological polar surface area (TPSA) is 58.2 Å². The molecule has 128 valence electrons. The minimum absolute atomic E-state index is 0.0235. The average molecular weight is 318 g/mol. The van der Waals surface area contributed by atoms with Gasteiger partial charge in [-0.05, 0) is 24.8 Å². The molecule has 2 N–H and O–H groups in total. The summed E-state index contributed by atoms with van der Waals surface area (Å²) in [6.45, 7) is 7.93. The van der Waals surface area contributed by atoms with Crippen LogP contribution >= 0.6 is 0 Å². The van der Waals surface area contributed by atoms with Crippen LogP contribution in [0.1, 0.15) is 65.0 Å². The summed E-state index contributed by atoms with van der Waals surface area (Å²) in [4.78, 5) is 23.6. The Bertz CT molecular complexity index is 485.